The smallest absolute Gasteiger partial charge is 0.165 e. The second-order valence-corrected chi connectivity index (χ2v) is 6.14. The number of nitrogens with zero attached hydrogens (tertiary/aromatic N) is 5. The molecule has 25 heavy (non-hydrogen) atoms. The van der Waals surface area contributed by atoms with Crippen LogP contribution in [-0.2, 0) is 6.54 Å². The lowest BCUT2D eigenvalue weighted by Crippen LogP contribution is -2.46. The van der Waals surface area contributed by atoms with Gasteiger partial charge in [-0.3, -0.25) is 4.90 Å². The molecule has 1 fully saturated rings. The minimum Gasteiger partial charge on any atom is -0.494 e. The Hall–Kier alpha value is -2.67. The maximum atomic E-state index is 13.8. The average Bonchev–Trinajstić information content (AvgIpc) is 3.11. The van der Waals surface area contributed by atoms with Crippen LogP contribution in [0, 0.1) is 5.82 Å². The summed E-state index contributed by atoms with van der Waals surface area (Å²) in [6.07, 6.45) is 5.42. The number of fused-ring (bicyclic) bond motifs is 1. The number of piperazine rings is 1. The van der Waals surface area contributed by atoms with Gasteiger partial charge in [-0.1, -0.05) is 6.07 Å². The zero-order valence-electron chi connectivity index (χ0n) is 14.1. The number of anilines is 1. The lowest BCUT2D eigenvalue weighted by molar-refractivity contribution is 0.249. The Kier molecular flexibility index (Phi) is 4.23. The van der Waals surface area contributed by atoms with E-state index in [9.17, 15) is 4.39 Å². The molecule has 0 radical (unpaired) electrons. The molecule has 0 spiro atoms. The summed E-state index contributed by atoms with van der Waals surface area (Å²) in [5.74, 6) is 0.943. The average molecular weight is 341 g/mol. The monoisotopic (exact) mass is 341 g/mol. The standard InChI is InChI=1S/C18H20FN5O/c1-25-17-3-2-14(12-15(17)19)13-22-8-10-23(11-9-22)18-16-4-5-21-24(16)7-6-20-18/h2-7,12H,8-11,13H2,1H3. The summed E-state index contributed by atoms with van der Waals surface area (Å²) < 4.78 is 20.7. The second kappa shape index (κ2) is 6.68. The Balaban J connectivity index is 1.41. The van der Waals surface area contributed by atoms with E-state index in [2.05, 4.69) is 19.9 Å². The van der Waals surface area contributed by atoms with E-state index in [1.807, 2.05) is 22.8 Å². The Morgan fingerprint density at radius 3 is 2.72 bits per heavy atom. The van der Waals surface area contributed by atoms with Crippen molar-refractivity contribution in [3.63, 3.8) is 0 Å². The highest BCUT2D eigenvalue weighted by atomic mass is 19.1. The van der Waals surface area contributed by atoms with Gasteiger partial charge in [-0.15, -0.1) is 0 Å². The summed E-state index contributed by atoms with van der Waals surface area (Å²) in [6, 6.07) is 7.14. The van der Waals surface area contributed by atoms with Gasteiger partial charge in [-0.25, -0.2) is 13.9 Å². The summed E-state index contributed by atoms with van der Waals surface area (Å²) in [5.41, 5.74) is 1.98. The van der Waals surface area contributed by atoms with E-state index < -0.39 is 0 Å². The highest BCUT2D eigenvalue weighted by molar-refractivity contribution is 5.68. The van der Waals surface area contributed by atoms with Crippen LogP contribution < -0.4 is 9.64 Å². The molecule has 7 heteroatoms. The molecule has 0 aliphatic carbocycles. The summed E-state index contributed by atoms with van der Waals surface area (Å²) in [4.78, 5) is 9.13. The van der Waals surface area contributed by atoms with E-state index in [1.54, 1.807) is 24.5 Å². The van der Waals surface area contributed by atoms with E-state index >= 15 is 0 Å². The Morgan fingerprint density at radius 2 is 1.96 bits per heavy atom. The van der Waals surface area contributed by atoms with Gasteiger partial charge >= 0.3 is 0 Å². The molecule has 3 aromatic rings. The first-order chi connectivity index (χ1) is 12.2. The van der Waals surface area contributed by atoms with Crippen LogP contribution in [0.25, 0.3) is 5.52 Å². The summed E-state index contributed by atoms with van der Waals surface area (Å²) in [6.45, 7) is 4.32. The quantitative estimate of drug-likeness (QED) is 0.728. The lowest BCUT2D eigenvalue weighted by Gasteiger charge is -2.35. The number of aromatic nitrogens is 3. The Labute approximate surface area is 145 Å². The van der Waals surface area contributed by atoms with Crippen LogP contribution in [0.4, 0.5) is 10.2 Å². The van der Waals surface area contributed by atoms with Crippen LogP contribution in [0.5, 0.6) is 5.75 Å². The minimum absolute atomic E-state index is 0.286. The first kappa shape index (κ1) is 15.8. The van der Waals surface area contributed by atoms with Crippen LogP contribution in [0.3, 0.4) is 0 Å². The van der Waals surface area contributed by atoms with E-state index in [0.717, 1.165) is 49.6 Å². The fourth-order valence-electron chi connectivity index (χ4n) is 3.27. The number of hydrogen-bond donors (Lipinski definition) is 0. The van der Waals surface area contributed by atoms with Crippen molar-refractivity contribution >= 4 is 11.3 Å². The number of hydrogen-bond acceptors (Lipinski definition) is 5. The normalized spacial score (nSPS) is 15.7. The second-order valence-electron chi connectivity index (χ2n) is 6.14. The summed E-state index contributed by atoms with van der Waals surface area (Å²) >= 11 is 0. The molecule has 0 N–H and O–H groups in total. The molecule has 0 atom stereocenters. The molecule has 0 amide bonds. The molecule has 1 saturated heterocycles. The zero-order valence-corrected chi connectivity index (χ0v) is 14.1. The minimum atomic E-state index is -0.310. The molecule has 1 aliphatic rings. The van der Waals surface area contributed by atoms with Crippen LogP contribution in [-0.4, -0.2) is 52.8 Å². The van der Waals surface area contributed by atoms with Crippen molar-refractivity contribution in [2.75, 3.05) is 38.2 Å². The number of methoxy groups -OCH3 is 1. The third-order valence-corrected chi connectivity index (χ3v) is 4.60. The Morgan fingerprint density at radius 1 is 1.12 bits per heavy atom. The fraction of sp³-hybridized carbons (Fsp3) is 0.333. The largest absolute Gasteiger partial charge is 0.494 e. The highest BCUT2D eigenvalue weighted by Crippen LogP contribution is 2.22. The number of benzene rings is 1. The third kappa shape index (κ3) is 3.15. The van der Waals surface area contributed by atoms with Gasteiger partial charge in [0.15, 0.2) is 17.4 Å². The van der Waals surface area contributed by atoms with E-state index in [4.69, 9.17) is 4.74 Å². The van der Waals surface area contributed by atoms with Gasteiger partial charge in [0.2, 0.25) is 0 Å². The molecule has 0 saturated carbocycles. The van der Waals surface area contributed by atoms with Crippen molar-refractivity contribution in [1.82, 2.24) is 19.5 Å². The molecule has 2 aromatic heterocycles. The van der Waals surface area contributed by atoms with Crippen molar-refractivity contribution in [2.45, 2.75) is 6.54 Å². The molecular weight excluding hydrogens is 321 g/mol. The van der Waals surface area contributed by atoms with Crippen molar-refractivity contribution in [3.05, 3.63) is 54.2 Å². The van der Waals surface area contributed by atoms with Gasteiger partial charge < -0.3 is 9.64 Å². The lowest BCUT2D eigenvalue weighted by atomic mass is 10.2. The van der Waals surface area contributed by atoms with Crippen LogP contribution in [0.15, 0.2) is 42.9 Å². The van der Waals surface area contributed by atoms with Gasteiger partial charge in [0.05, 0.1) is 13.3 Å². The first-order valence-electron chi connectivity index (χ1n) is 8.32. The molecular formula is C18H20FN5O. The van der Waals surface area contributed by atoms with Crippen LogP contribution in [0.2, 0.25) is 0 Å². The van der Waals surface area contributed by atoms with Crippen molar-refractivity contribution in [3.8, 4) is 5.75 Å². The Bertz CT molecular complexity index is 873. The maximum Gasteiger partial charge on any atom is 0.165 e. The predicted molar refractivity (Wildman–Crippen MR) is 93.4 cm³/mol. The number of ether oxygens (including phenoxy) is 1. The van der Waals surface area contributed by atoms with E-state index in [0.29, 0.717) is 0 Å². The zero-order chi connectivity index (χ0) is 17.2. The van der Waals surface area contributed by atoms with E-state index in [1.165, 1.54) is 7.11 Å². The van der Waals surface area contributed by atoms with Crippen molar-refractivity contribution < 1.29 is 9.13 Å². The summed E-state index contributed by atoms with van der Waals surface area (Å²) in [7, 11) is 1.48. The molecule has 1 aliphatic heterocycles. The molecule has 0 unspecified atom stereocenters. The van der Waals surface area contributed by atoms with Gasteiger partial charge in [0.25, 0.3) is 0 Å². The topological polar surface area (TPSA) is 45.9 Å². The first-order valence-corrected chi connectivity index (χ1v) is 8.32. The molecule has 0 bridgehead atoms. The summed E-state index contributed by atoms with van der Waals surface area (Å²) in [5, 5.41) is 4.26. The maximum absolute atomic E-state index is 13.8. The van der Waals surface area contributed by atoms with Gasteiger partial charge in [-0.05, 0) is 23.8 Å². The number of rotatable bonds is 4. The van der Waals surface area contributed by atoms with Gasteiger partial charge in [0, 0.05) is 45.1 Å². The van der Waals surface area contributed by atoms with Crippen LogP contribution in [0.1, 0.15) is 5.56 Å². The molecule has 130 valence electrons. The molecule has 4 rings (SSSR count). The number of halogens is 1. The molecule has 3 heterocycles. The van der Waals surface area contributed by atoms with Crippen molar-refractivity contribution in [1.29, 1.82) is 0 Å². The fourth-order valence-corrected chi connectivity index (χ4v) is 3.27. The predicted octanol–water partition coefficient (Wildman–Crippen LogP) is 2.20. The highest BCUT2D eigenvalue weighted by Gasteiger charge is 2.20. The molecule has 6 nitrogen and oxygen atoms in total. The van der Waals surface area contributed by atoms with Gasteiger partial charge in [-0.2, -0.15) is 5.10 Å². The van der Waals surface area contributed by atoms with Gasteiger partial charge in [0.1, 0.15) is 5.52 Å². The van der Waals surface area contributed by atoms with E-state index in [-0.39, 0.29) is 11.6 Å². The SMILES string of the molecule is COc1ccc(CN2CCN(c3nccn4nccc34)CC2)cc1F. The van der Waals surface area contributed by atoms with Crippen molar-refractivity contribution in [2.24, 2.45) is 0 Å². The third-order valence-electron chi connectivity index (χ3n) is 4.60. The molecule has 1 aromatic carbocycles. The van der Waals surface area contributed by atoms with Crippen LogP contribution >= 0.6 is 0 Å².